The Morgan fingerprint density at radius 2 is 1.07 bits per heavy atom. The van der Waals surface area contributed by atoms with Gasteiger partial charge in [-0.1, -0.05) is 136 Å². The first-order chi connectivity index (χ1) is 20.3. The topological polar surface area (TPSA) is 131 Å². The van der Waals surface area contributed by atoms with Crippen molar-refractivity contribution in [3.63, 3.8) is 0 Å². The first-order valence-electron chi connectivity index (χ1n) is 17.0. The van der Waals surface area contributed by atoms with E-state index >= 15 is 0 Å². The van der Waals surface area contributed by atoms with E-state index in [1.807, 2.05) is 0 Å². The van der Waals surface area contributed by atoms with Crippen molar-refractivity contribution in [3.8, 4) is 0 Å². The van der Waals surface area contributed by atoms with Crippen LogP contribution in [0.1, 0.15) is 162 Å². The van der Waals surface area contributed by atoms with Gasteiger partial charge in [0.05, 0.1) is 13.2 Å². The Kier molecular flexibility index (Phi) is 29.3. The second-order valence-electron chi connectivity index (χ2n) is 11.5. The van der Waals surface area contributed by atoms with Crippen LogP contribution in [0.25, 0.3) is 0 Å². The third-order valence-electron chi connectivity index (χ3n) is 7.29. The van der Waals surface area contributed by atoms with Gasteiger partial charge in [-0.05, 0) is 12.8 Å². The van der Waals surface area contributed by atoms with Crippen molar-refractivity contribution in [2.75, 3.05) is 26.4 Å². The lowest BCUT2D eigenvalue weighted by Crippen LogP contribution is -2.27. The number of rotatable bonds is 32. The maximum atomic E-state index is 11.9. The van der Waals surface area contributed by atoms with Crippen molar-refractivity contribution in [2.24, 2.45) is 0 Å². The SMILES string of the molecule is CCCCCCCCCCCCCCCCCC(=O)OCC(O)COP(=O)(O)OCCNC(=O)CCCCCCCC. The van der Waals surface area contributed by atoms with E-state index in [2.05, 4.69) is 19.2 Å². The Balaban J connectivity index is 3.59. The summed E-state index contributed by atoms with van der Waals surface area (Å²) < 4.78 is 26.6. The molecule has 0 radical (unpaired) electrons. The number of phosphoric acid groups is 1. The van der Waals surface area contributed by atoms with Crippen molar-refractivity contribution in [1.29, 1.82) is 0 Å². The summed E-state index contributed by atoms with van der Waals surface area (Å²) in [5, 5.41) is 12.6. The number of esters is 1. The zero-order valence-electron chi connectivity index (χ0n) is 27.0. The van der Waals surface area contributed by atoms with Gasteiger partial charge in [0.25, 0.3) is 0 Å². The molecule has 0 spiro atoms. The van der Waals surface area contributed by atoms with E-state index in [-0.39, 0.29) is 32.1 Å². The molecule has 0 fully saturated rings. The molecule has 2 atom stereocenters. The lowest BCUT2D eigenvalue weighted by atomic mass is 10.0. The zero-order chi connectivity index (χ0) is 31.2. The third kappa shape index (κ3) is 30.5. The third-order valence-corrected chi connectivity index (χ3v) is 8.27. The number of hydrogen-bond acceptors (Lipinski definition) is 7. The van der Waals surface area contributed by atoms with Crippen LogP contribution in [0.5, 0.6) is 0 Å². The van der Waals surface area contributed by atoms with Gasteiger partial charge in [-0.2, -0.15) is 0 Å². The summed E-state index contributed by atoms with van der Waals surface area (Å²) in [4.78, 5) is 33.4. The van der Waals surface area contributed by atoms with Gasteiger partial charge < -0.3 is 20.1 Å². The zero-order valence-corrected chi connectivity index (χ0v) is 27.9. The standard InChI is InChI=1S/C32H64NO8P/c1-3-5-7-9-11-12-13-14-15-16-17-18-19-21-23-25-32(36)39-28-30(34)29-41-42(37,38)40-27-26-33-31(35)24-22-20-10-8-6-4-2/h30,34H,3-29H2,1-2H3,(H,33,35)(H,37,38). The molecule has 0 bridgehead atoms. The largest absolute Gasteiger partial charge is 0.472 e. The number of unbranched alkanes of at least 4 members (excludes halogenated alkanes) is 19. The van der Waals surface area contributed by atoms with E-state index < -0.39 is 26.5 Å². The number of hydrogen-bond donors (Lipinski definition) is 3. The molecule has 0 aliphatic heterocycles. The summed E-state index contributed by atoms with van der Waals surface area (Å²) in [7, 11) is -4.39. The molecule has 10 heteroatoms. The van der Waals surface area contributed by atoms with Crippen LogP contribution in [0, 0.1) is 0 Å². The molecule has 0 heterocycles. The average Bonchev–Trinajstić information content (AvgIpc) is 2.97. The molecule has 250 valence electrons. The van der Waals surface area contributed by atoms with Crippen LogP contribution in [-0.2, 0) is 27.9 Å². The Labute approximate surface area is 256 Å². The molecule has 0 aliphatic rings. The van der Waals surface area contributed by atoms with E-state index in [0.717, 1.165) is 38.5 Å². The Hall–Kier alpha value is -0.990. The van der Waals surface area contributed by atoms with Gasteiger partial charge in [-0.25, -0.2) is 4.57 Å². The molecule has 3 N–H and O–H groups in total. The minimum absolute atomic E-state index is 0.0854. The second kappa shape index (κ2) is 30.1. The summed E-state index contributed by atoms with van der Waals surface area (Å²) in [6, 6.07) is 0. The molecule has 0 aromatic rings. The van der Waals surface area contributed by atoms with Crippen molar-refractivity contribution in [1.82, 2.24) is 5.32 Å². The fourth-order valence-corrected chi connectivity index (χ4v) is 5.43. The van der Waals surface area contributed by atoms with Gasteiger partial charge in [0, 0.05) is 19.4 Å². The van der Waals surface area contributed by atoms with E-state index in [0.29, 0.717) is 6.42 Å². The highest BCUT2D eigenvalue weighted by molar-refractivity contribution is 7.47. The van der Waals surface area contributed by atoms with Gasteiger partial charge in [0.1, 0.15) is 12.7 Å². The molecule has 0 aromatic carbocycles. The molecule has 0 aromatic heterocycles. The predicted molar refractivity (Wildman–Crippen MR) is 169 cm³/mol. The molecule has 0 saturated carbocycles. The van der Waals surface area contributed by atoms with Gasteiger partial charge in [-0.15, -0.1) is 0 Å². The molecular formula is C32H64NO8P. The number of nitrogens with one attached hydrogen (secondary N) is 1. The summed E-state index contributed by atoms with van der Waals surface area (Å²) in [6.07, 6.45) is 24.8. The Bertz CT molecular complexity index is 679. The maximum Gasteiger partial charge on any atom is 0.472 e. The van der Waals surface area contributed by atoms with Gasteiger partial charge in [-0.3, -0.25) is 18.6 Å². The van der Waals surface area contributed by atoms with Gasteiger partial charge in [0.2, 0.25) is 5.91 Å². The minimum Gasteiger partial charge on any atom is -0.463 e. The first-order valence-corrected chi connectivity index (χ1v) is 18.5. The molecule has 9 nitrogen and oxygen atoms in total. The monoisotopic (exact) mass is 621 g/mol. The Morgan fingerprint density at radius 3 is 1.55 bits per heavy atom. The summed E-state index contributed by atoms with van der Waals surface area (Å²) in [5.41, 5.74) is 0. The van der Waals surface area contributed by atoms with Crippen molar-refractivity contribution < 1.29 is 37.9 Å². The normalized spacial score (nSPS) is 13.5. The maximum absolute atomic E-state index is 11.9. The van der Waals surface area contributed by atoms with Crippen LogP contribution >= 0.6 is 7.82 Å². The van der Waals surface area contributed by atoms with Crippen LogP contribution in [0.4, 0.5) is 0 Å². The number of aliphatic hydroxyl groups is 1. The lowest BCUT2D eigenvalue weighted by molar-refractivity contribution is -0.147. The number of amides is 1. The lowest BCUT2D eigenvalue weighted by Gasteiger charge is -2.15. The summed E-state index contributed by atoms with van der Waals surface area (Å²) in [5.74, 6) is -0.520. The van der Waals surface area contributed by atoms with Crippen molar-refractivity contribution in [3.05, 3.63) is 0 Å². The highest BCUT2D eigenvalue weighted by Gasteiger charge is 2.23. The average molecular weight is 622 g/mol. The molecule has 0 aliphatic carbocycles. The summed E-state index contributed by atoms with van der Waals surface area (Å²) >= 11 is 0. The van der Waals surface area contributed by atoms with Crippen LogP contribution in [0.2, 0.25) is 0 Å². The molecule has 0 rings (SSSR count). The number of ether oxygens (including phenoxy) is 1. The van der Waals surface area contributed by atoms with E-state index in [4.69, 9.17) is 13.8 Å². The number of phosphoric ester groups is 1. The minimum atomic E-state index is -4.39. The van der Waals surface area contributed by atoms with E-state index in [1.165, 1.54) is 96.3 Å². The second-order valence-corrected chi connectivity index (χ2v) is 13.0. The molecular weight excluding hydrogens is 557 g/mol. The molecule has 1 amide bonds. The molecule has 0 saturated heterocycles. The quantitative estimate of drug-likeness (QED) is 0.0390. The Morgan fingerprint density at radius 1 is 0.643 bits per heavy atom. The van der Waals surface area contributed by atoms with Crippen LogP contribution in [-0.4, -0.2) is 54.3 Å². The van der Waals surface area contributed by atoms with E-state index in [1.54, 1.807) is 0 Å². The smallest absolute Gasteiger partial charge is 0.463 e. The fraction of sp³-hybridized carbons (Fsp3) is 0.938. The van der Waals surface area contributed by atoms with Crippen LogP contribution < -0.4 is 5.32 Å². The highest BCUT2D eigenvalue weighted by atomic mass is 31.2. The fourth-order valence-electron chi connectivity index (χ4n) is 4.67. The number of aliphatic hydroxyl groups excluding tert-OH is 1. The summed E-state index contributed by atoms with van der Waals surface area (Å²) in [6.45, 7) is 3.48. The number of carbonyl (C=O) groups is 2. The van der Waals surface area contributed by atoms with Crippen LogP contribution in [0.3, 0.4) is 0 Å². The predicted octanol–water partition coefficient (Wildman–Crippen LogP) is 8.15. The molecule has 2 unspecified atom stereocenters. The van der Waals surface area contributed by atoms with Gasteiger partial charge in [0.15, 0.2) is 0 Å². The number of carbonyl (C=O) groups excluding carboxylic acids is 2. The first kappa shape index (κ1) is 41.0. The van der Waals surface area contributed by atoms with E-state index in [9.17, 15) is 24.2 Å². The van der Waals surface area contributed by atoms with Crippen LogP contribution in [0.15, 0.2) is 0 Å². The van der Waals surface area contributed by atoms with Crippen molar-refractivity contribution >= 4 is 19.7 Å². The molecule has 42 heavy (non-hydrogen) atoms. The highest BCUT2D eigenvalue weighted by Crippen LogP contribution is 2.42. The van der Waals surface area contributed by atoms with Crippen molar-refractivity contribution in [2.45, 2.75) is 168 Å². The van der Waals surface area contributed by atoms with Gasteiger partial charge >= 0.3 is 13.8 Å².